The van der Waals surface area contributed by atoms with Crippen molar-refractivity contribution in [2.75, 3.05) is 10.6 Å². The van der Waals surface area contributed by atoms with Crippen LogP contribution in [0.1, 0.15) is 12.5 Å². The highest BCUT2D eigenvalue weighted by Crippen LogP contribution is 2.31. The zero-order valence-electron chi connectivity index (χ0n) is 11.3. The van der Waals surface area contributed by atoms with E-state index < -0.39 is 6.04 Å². The molecule has 4 rings (SSSR count). The molecule has 1 atom stereocenters. The van der Waals surface area contributed by atoms with E-state index in [0.29, 0.717) is 11.1 Å². The number of imidazole rings is 1. The number of anilines is 2. The van der Waals surface area contributed by atoms with E-state index in [2.05, 4.69) is 20.6 Å². The Morgan fingerprint density at radius 1 is 1.41 bits per heavy atom. The Morgan fingerprint density at radius 3 is 3.09 bits per heavy atom. The Bertz CT molecular complexity index is 871. The van der Waals surface area contributed by atoms with Gasteiger partial charge in [-0.1, -0.05) is 12.1 Å². The molecule has 8 heteroatoms. The number of hydrogen-bond donors (Lipinski definition) is 2. The fraction of sp³-hybridized carbons (Fsp3) is 0.143. The SMILES string of the molecule is O=C1CC(C(=O)Nc2nccs2)n2c(nc3ccccc32)N1. The second kappa shape index (κ2) is 4.92. The first-order valence-electron chi connectivity index (χ1n) is 6.69. The Morgan fingerprint density at radius 2 is 2.27 bits per heavy atom. The van der Waals surface area contributed by atoms with Gasteiger partial charge in [0.25, 0.3) is 0 Å². The van der Waals surface area contributed by atoms with E-state index in [-0.39, 0.29) is 18.2 Å². The fourth-order valence-corrected chi connectivity index (χ4v) is 3.11. The van der Waals surface area contributed by atoms with Gasteiger partial charge in [-0.3, -0.25) is 19.5 Å². The molecule has 0 saturated carbocycles. The number of carbonyl (C=O) groups is 2. The number of thiazole rings is 1. The maximum atomic E-state index is 12.5. The number of fused-ring (bicyclic) bond motifs is 3. The first-order chi connectivity index (χ1) is 10.7. The highest BCUT2D eigenvalue weighted by molar-refractivity contribution is 7.13. The molecule has 22 heavy (non-hydrogen) atoms. The second-order valence-electron chi connectivity index (χ2n) is 4.89. The number of nitrogens with zero attached hydrogens (tertiary/aromatic N) is 3. The van der Waals surface area contributed by atoms with Crippen molar-refractivity contribution < 1.29 is 9.59 Å². The lowest BCUT2D eigenvalue weighted by atomic mass is 10.1. The van der Waals surface area contributed by atoms with Crippen LogP contribution >= 0.6 is 11.3 Å². The molecule has 3 aromatic rings. The van der Waals surface area contributed by atoms with Gasteiger partial charge in [0, 0.05) is 11.6 Å². The van der Waals surface area contributed by atoms with Crippen molar-refractivity contribution in [1.29, 1.82) is 0 Å². The molecule has 7 nitrogen and oxygen atoms in total. The Kier molecular flexibility index (Phi) is 2.90. The van der Waals surface area contributed by atoms with Crippen molar-refractivity contribution in [3.63, 3.8) is 0 Å². The Hall–Kier alpha value is -2.74. The lowest BCUT2D eigenvalue weighted by Crippen LogP contribution is -2.35. The average Bonchev–Trinajstić information content (AvgIpc) is 3.12. The van der Waals surface area contributed by atoms with Gasteiger partial charge in [0.15, 0.2) is 5.13 Å². The number of hydrogen-bond acceptors (Lipinski definition) is 5. The monoisotopic (exact) mass is 313 g/mol. The predicted molar refractivity (Wildman–Crippen MR) is 82.8 cm³/mol. The van der Waals surface area contributed by atoms with Crippen LogP contribution in [0, 0.1) is 0 Å². The molecule has 0 fully saturated rings. The van der Waals surface area contributed by atoms with Crippen molar-refractivity contribution in [3.8, 4) is 0 Å². The summed E-state index contributed by atoms with van der Waals surface area (Å²) in [5.74, 6) is -0.0898. The third-order valence-corrected chi connectivity index (χ3v) is 4.19. The third-order valence-electron chi connectivity index (χ3n) is 3.50. The van der Waals surface area contributed by atoms with Crippen LogP contribution in [0.25, 0.3) is 11.0 Å². The standard InChI is InChI=1S/C14H11N5O2S/c20-11-7-10(12(21)18-14-15-5-6-22-14)19-9-4-2-1-3-8(9)16-13(19)17-11/h1-6,10H,7H2,(H,15,18,21)(H,16,17,20). The fourth-order valence-electron chi connectivity index (χ4n) is 2.57. The quantitative estimate of drug-likeness (QED) is 0.757. The highest BCUT2D eigenvalue weighted by Gasteiger charge is 2.33. The normalized spacial score (nSPS) is 17.1. The summed E-state index contributed by atoms with van der Waals surface area (Å²) >= 11 is 1.33. The highest BCUT2D eigenvalue weighted by atomic mass is 32.1. The van der Waals surface area contributed by atoms with Crippen molar-refractivity contribution >= 4 is 45.3 Å². The van der Waals surface area contributed by atoms with Gasteiger partial charge in [-0.25, -0.2) is 9.97 Å². The van der Waals surface area contributed by atoms with E-state index >= 15 is 0 Å². The van der Waals surface area contributed by atoms with Gasteiger partial charge in [-0.2, -0.15) is 0 Å². The number of carbonyl (C=O) groups excluding carboxylic acids is 2. The topological polar surface area (TPSA) is 88.9 Å². The molecular formula is C14H11N5O2S. The van der Waals surface area contributed by atoms with E-state index in [1.54, 1.807) is 16.1 Å². The summed E-state index contributed by atoms with van der Waals surface area (Å²) in [6, 6.07) is 6.84. The maximum absolute atomic E-state index is 12.5. The number of benzene rings is 1. The third kappa shape index (κ3) is 2.04. The first-order valence-corrected chi connectivity index (χ1v) is 7.57. The molecule has 0 radical (unpaired) electrons. The molecule has 1 aliphatic heterocycles. The van der Waals surface area contributed by atoms with Crippen molar-refractivity contribution in [2.24, 2.45) is 0 Å². The molecule has 110 valence electrons. The lowest BCUT2D eigenvalue weighted by molar-refractivity contribution is -0.124. The molecule has 1 unspecified atom stereocenters. The minimum Gasteiger partial charge on any atom is -0.300 e. The molecule has 0 aliphatic carbocycles. The summed E-state index contributed by atoms with van der Waals surface area (Å²) in [7, 11) is 0. The molecule has 2 amide bonds. The molecule has 2 N–H and O–H groups in total. The van der Waals surface area contributed by atoms with Crippen molar-refractivity contribution in [3.05, 3.63) is 35.8 Å². The van der Waals surface area contributed by atoms with Crippen LogP contribution in [0.2, 0.25) is 0 Å². The van der Waals surface area contributed by atoms with Crippen LogP contribution in [0.3, 0.4) is 0 Å². The summed E-state index contributed by atoms with van der Waals surface area (Å²) < 4.78 is 1.76. The summed E-state index contributed by atoms with van der Waals surface area (Å²) in [6.07, 6.45) is 1.69. The Labute approximate surface area is 129 Å². The van der Waals surface area contributed by atoms with E-state index in [1.165, 1.54) is 11.3 Å². The van der Waals surface area contributed by atoms with Crippen LogP contribution in [0.5, 0.6) is 0 Å². The van der Waals surface area contributed by atoms with Crippen LogP contribution in [-0.2, 0) is 9.59 Å². The number of nitrogens with one attached hydrogen (secondary N) is 2. The zero-order chi connectivity index (χ0) is 15.1. The van der Waals surface area contributed by atoms with E-state index in [4.69, 9.17) is 0 Å². The minimum absolute atomic E-state index is 0.0740. The largest absolute Gasteiger partial charge is 0.300 e. The number of para-hydroxylation sites is 2. The van der Waals surface area contributed by atoms with Crippen molar-refractivity contribution in [1.82, 2.24) is 14.5 Å². The minimum atomic E-state index is -0.639. The van der Waals surface area contributed by atoms with Gasteiger partial charge < -0.3 is 5.32 Å². The number of amides is 2. The predicted octanol–water partition coefficient (Wildman–Crippen LogP) is 2.01. The van der Waals surface area contributed by atoms with Crippen molar-refractivity contribution in [2.45, 2.75) is 12.5 Å². The van der Waals surface area contributed by atoms with E-state index in [0.717, 1.165) is 11.0 Å². The van der Waals surface area contributed by atoms with Crippen LogP contribution in [-0.4, -0.2) is 26.3 Å². The maximum Gasteiger partial charge on any atom is 0.249 e. The van der Waals surface area contributed by atoms with Crippen LogP contribution < -0.4 is 10.6 Å². The smallest absolute Gasteiger partial charge is 0.249 e. The zero-order valence-corrected chi connectivity index (χ0v) is 12.1. The molecule has 0 bridgehead atoms. The molecule has 0 saturated heterocycles. The Balaban J connectivity index is 1.77. The van der Waals surface area contributed by atoms with Gasteiger partial charge in [-0.15, -0.1) is 11.3 Å². The summed E-state index contributed by atoms with van der Waals surface area (Å²) in [5.41, 5.74) is 1.56. The van der Waals surface area contributed by atoms with Gasteiger partial charge in [0.05, 0.1) is 17.5 Å². The lowest BCUT2D eigenvalue weighted by Gasteiger charge is -2.24. The molecule has 3 heterocycles. The summed E-state index contributed by atoms with van der Waals surface area (Å²) in [5, 5.41) is 7.76. The van der Waals surface area contributed by atoms with Crippen LogP contribution in [0.4, 0.5) is 11.1 Å². The second-order valence-corrected chi connectivity index (χ2v) is 5.78. The number of aromatic nitrogens is 3. The van der Waals surface area contributed by atoms with Gasteiger partial charge in [0.1, 0.15) is 6.04 Å². The van der Waals surface area contributed by atoms with E-state index in [1.807, 2.05) is 24.3 Å². The molecule has 0 spiro atoms. The average molecular weight is 313 g/mol. The van der Waals surface area contributed by atoms with E-state index in [9.17, 15) is 9.59 Å². The van der Waals surface area contributed by atoms with Gasteiger partial charge in [0.2, 0.25) is 17.8 Å². The molecular weight excluding hydrogens is 302 g/mol. The number of rotatable bonds is 2. The van der Waals surface area contributed by atoms with Crippen LogP contribution in [0.15, 0.2) is 35.8 Å². The van der Waals surface area contributed by atoms with Gasteiger partial charge >= 0.3 is 0 Å². The van der Waals surface area contributed by atoms with Gasteiger partial charge in [-0.05, 0) is 12.1 Å². The summed E-state index contributed by atoms with van der Waals surface area (Å²) in [4.78, 5) is 32.8. The summed E-state index contributed by atoms with van der Waals surface area (Å²) in [6.45, 7) is 0. The molecule has 2 aromatic heterocycles. The molecule has 1 aliphatic rings. The molecule has 1 aromatic carbocycles. The first kappa shape index (κ1) is 13.0.